The summed E-state index contributed by atoms with van der Waals surface area (Å²) < 4.78 is 1.16. The maximum Gasteiger partial charge on any atom is 0.0869 e. The van der Waals surface area contributed by atoms with Crippen LogP contribution in [0.25, 0.3) is 10.2 Å². The average Bonchev–Trinajstić information content (AvgIpc) is 2.87. The Kier molecular flexibility index (Phi) is 3.59. The van der Waals surface area contributed by atoms with Gasteiger partial charge in [0.1, 0.15) is 0 Å². The van der Waals surface area contributed by atoms with Crippen molar-refractivity contribution < 1.29 is 5.11 Å². The topological polar surface area (TPSA) is 45.1 Å². The largest absolute Gasteiger partial charge is 0.388 e. The van der Waals surface area contributed by atoms with Crippen LogP contribution in [0.3, 0.4) is 0 Å². The highest BCUT2D eigenvalue weighted by Crippen LogP contribution is 2.29. The normalized spacial score (nSPS) is 22.2. The Morgan fingerprint density at radius 1 is 1.44 bits per heavy atom. The molecule has 2 heterocycles. The van der Waals surface area contributed by atoms with Crippen LogP contribution in [0, 0.1) is 0 Å². The van der Waals surface area contributed by atoms with E-state index in [1.54, 1.807) is 11.3 Å². The van der Waals surface area contributed by atoms with E-state index >= 15 is 0 Å². The first-order chi connectivity index (χ1) is 8.84. The molecule has 2 N–H and O–H groups in total. The predicted octanol–water partition coefficient (Wildman–Crippen LogP) is 2.86. The van der Waals surface area contributed by atoms with E-state index in [0.717, 1.165) is 28.7 Å². The molecule has 0 amide bonds. The van der Waals surface area contributed by atoms with Gasteiger partial charge < -0.3 is 10.4 Å². The van der Waals surface area contributed by atoms with Gasteiger partial charge in [-0.25, -0.2) is 4.98 Å². The number of para-hydroxylation sites is 1. The Morgan fingerprint density at radius 3 is 3.22 bits per heavy atom. The van der Waals surface area contributed by atoms with E-state index in [1.165, 1.54) is 19.3 Å². The molecule has 1 fully saturated rings. The van der Waals surface area contributed by atoms with Crippen LogP contribution in [-0.2, 0) is 0 Å². The number of piperidine rings is 1. The van der Waals surface area contributed by atoms with Crippen molar-refractivity contribution in [3.63, 3.8) is 0 Å². The van der Waals surface area contributed by atoms with Crippen LogP contribution in [0.1, 0.15) is 37.4 Å². The van der Waals surface area contributed by atoms with Crippen molar-refractivity contribution in [1.29, 1.82) is 0 Å². The third-order valence-corrected chi connectivity index (χ3v) is 4.47. The summed E-state index contributed by atoms with van der Waals surface area (Å²) in [6.07, 6.45) is 4.08. The summed E-state index contributed by atoms with van der Waals surface area (Å²) >= 11 is 1.63. The molecule has 0 aliphatic carbocycles. The summed E-state index contributed by atoms with van der Waals surface area (Å²) in [6, 6.07) is 6.51. The second-order valence-electron chi connectivity index (χ2n) is 4.94. The zero-order chi connectivity index (χ0) is 12.4. The molecule has 0 bridgehead atoms. The van der Waals surface area contributed by atoms with E-state index in [4.69, 9.17) is 0 Å². The van der Waals surface area contributed by atoms with E-state index in [-0.39, 0.29) is 0 Å². The number of aliphatic hydroxyl groups is 1. The zero-order valence-corrected chi connectivity index (χ0v) is 11.1. The molecule has 2 atom stereocenters. The highest BCUT2D eigenvalue weighted by molar-refractivity contribution is 7.16. The van der Waals surface area contributed by atoms with E-state index in [9.17, 15) is 5.11 Å². The van der Waals surface area contributed by atoms with Gasteiger partial charge in [-0.2, -0.15) is 0 Å². The van der Waals surface area contributed by atoms with Gasteiger partial charge in [0, 0.05) is 11.6 Å². The summed E-state index contributed by atoms with van der Waals surface area (Å²) in [5.74, 6) is 0. The maximum absolute atomic E-state index is 10.4. The third kappa shape index (κ3) is 2.41. The van der Waals surface area contributed by atoms with Crippen LogP contribution >= 0.6 is 11.3 Å². The molecular weight excluding hydrogens is 244 g/mol. The number of benzene rings is 1. The molecule has 1 aromatic heterocycles. The van der Waals surface area contributed by atoms with E-state index < -0.39 is 6.10 Å². The summed E-state index contributed by atoms with van der Waals surface area (Å²) in [5.41, 5.74) is 3.78. The van der Waals surface area contributed by atoms with Gasteiger partial charge in [0.05, 0.1) is 21.8 Å². The van der Waals surface area contributed by atoms with Gasteiger partial charge in [0.15, 0.2) is 0 Å². The highest BCUT2D eigenvalue weighted by Gasteiger charge is 2.19. The molecule has 0 radical (unpaired) electrons. The first-order valence-electron chi connectivity index (χ1n) is 6.58. The molecule has 1 aromatic carbocycles. The van der Waals surface area contributed by atoms with Gasteiger partial charge in [-0.3, -0.25) is 0 Å². The SMILES string of the molecule is O[C@@H](C[C@H]1CCCCN1)c1cccc2scnc12. The first kappa shape index (κ1) is 12.1. The van der Waals surface area contributed by atoms with Gasteiger partial charge in [-0.15, -0.1) is 11.3 Å². The molecule has 0 spiro atoms. The van der Waals surface area contributed by atoms with Crippen LogP contribution in [-0.4, -0.2) is 22.7 Å². The van der Waals surface area contributed by atoms with E-state index in [0.29, 0.717) is 6.04 Å². The van der Waals surface area contributed by atoms with Gasteiger partial charge >= 0.3 is 0 Å². The Morgan fingerprint density at radius 2 is 2.39 bits per heavy atom. The minimum absolute atomic E-state index is 0.411. The Bertz CT molecular complexity index is 519. The van der Waals surface area contributed by atoms with Gasteiger partial charge in [0.2, 0.25) is 0 Å². The number of thiazole rings is 1. The van der Waals surface area contributed by atoms with Crippen LogP contribution in [0.4, 0.5) is 0 Å². The van der Waals surface area contributed by atoms with Crippen molar-refractivity contribution in [2.75, 3.05) is 6.54 Å². The number of hydrogen-bond acceptors (Lipinski definition) is 4. The van der Waals surface area contributed by atoms with Crippen molar-refractivity contribution in [1.82, 2.24) is 10.3 Å². The number of hydrogen-bond donors (Lipinski definition) is 2. The number of aromatic nitrogens is 1. The minimum Gasteiger partial charge on any atom is -0.388 e. The smallest absolute Gasteiger partial charge is 0.0869 e. The standard InChI is InChI=1S/C14H18N2OS/c17-12(8-10-4-1-2-7-15-10)11-5-3-6-13-14(11)16-9-18-13/h3,5-6,9-10,12,15,17H,1-2,4,7-8H2/t10-,12+/m1/s1. The molecule has 0 saturated carbocycles. The molecule has 18 heavy (non-hydrogen) atoms. The lowest BCUT2D eigenvalue weighted by atomic mass is 9.95. The fourth-order valence-corrected chi connectivity index (χ4v) is 3.41. The molecule has 1 aliphatic heterocycles. The minimum atomic E-state index is -0.411. The van der Waals surface area contributed by atoms with Crippen LogP contribution in [0.5, 0.6) is 0 Å². The lowest BCUT2D eigenvalue weighted by Crippen LogP contribution is -2.35. The van der Waals surface area contributed by atoms with Crippen LogP contribution in [0.15, 0.2) is 23.7 Å². The van der Waals surface area contributed by atoms with Gasteiger partial charge in [0.25, 0.3) is 0 Å². The quantitative estimate of drug-likeness (QED) is 0.894. The Balaban J connectivity index is 1.78. The van der Waals surface area contributed by atoms with Crippen molar-refractivity contribution in [3.05, 3.63) is 29.3 Å². The van der Waals surface area contributed by atoms with Crippen LogP contribution < -0.4 is 5.32 Å². The van der Waals surface area contributed by atoms with Gasteiger partial charge in [-0.1, -0.05) is 18.6 Å². The van der Waals surface area contributed by atoms with Crippen LogP contribution in [0.2, 0.25) is 0 Å². The fourth-order valence-electron chi connectivity index (χ4n) is 2.70. The maximum atomic E-state index is 10.4. The van der Waals surface area contributed by atoms with Crippen molar-refractivity contribution in [3.8, 4) is 0 Å². The molecule has 0 unspecified atom stereocenters. The first-order valence-corrected chi connectivity index (χ1v) is 7.46. The van der Waals surface area contributed by atoms with Crippen molar-refractivity contribution >= 4 is 21.6 Å². The summed E-state index contributed by atoms with van der Waals surface area (Å²) in [6.45, 7) is 1.08. The molecule has 2 aromatic rings. The average molecular weight is 262 g/mol. The Labute approximate surface area is 111 Å². The summed E-state index contributed by atoms with van der Waals surface area (Å²) in [5, 5.41) is 13.9. The number of nitrogens with one attached hydrogen (secondary N) is 1. The number of aliphatic hydroxyl groups excluding tert-OH is 1. The molecule has 96 valence electrons. The monoisotopic (exact) mass is 262 g/mol. The number of fused-ring (bicyclic) bond motifs is 1. The fraction of sp³-hybridized carbons (Fsp3) is 0.500. The molecule has 4 heteroatoms. The third-order valence-electron chi connectivity index (χ3n) is 3.67. The van der Waals surface area contributed by atoms with E-state index in [2.05, 4.69) is 16.4 Å². The predicted molar refractivity (Wildman–Crippen MR) is 74.8 cm³/mol. The number of nitrogens with zero attached hydrogens (tertiary/aromatic N) is 1. The second kappa shape index (κ2) is 5.34. The van der Waals surface area contributed by atoms with Gasteiger partial charge in [-0.05, 0) is 31.9 Å². The highest BCUT2D eigenvalue weighted by atomic mass is 32.1. The molecule has 1 saturated heterocycles. The van der Waals surface area contributed by atoms with Crippen molar-refractivity contribution in [2.45, 2.75) is 37.8 Å². The molecule has 1 aliphatic rings. The molecular formula is C14H18N2OS. The second-order valence-corrected chi connectivity index (χ2v) is 5.83. The summed E-state index contributed by atoms with van der Waals surface area (Å²) in [7, 11) is 0. The number of rotatable bonds is 3. The molecule has 3 nitrogen and oxygen atoms in total. The zero-order valence-electron chi connectivity index (χ0n) is 10.3. The lowest BCUT2D eigenvalue weighted by molar-refractivity contribution is 0.146. The van der Waals surface area contributed by atoms with Crippen molar-refractivity contribution in [2.24, 2.45) is 0 Å². The summed E-state index contributed by atoms with van der Waals surface area (Å²) in [4.78, 5) is 4.37. The van der Waals surface area contributed by atoms with E-state index in [1.807, 2.05) is 17.6 Å². The molecule has 3 rings (SSSR count). The lowest BCUT2D eigenvalue weighted by Gasteiger charge is -2.25. The Hall–Kier alpha value is -0.970.